The van der Waals surface area contributed by atoms with E-state index in [4.69, 9.17) is 19.6 Å². The summed E-state index contributed by atoms with van der Waals surface area (Å²) >= 11 is 1.30. The molecule has 136 valence electrons. The SMILES string of the molecule is CCC1=NN2C(=N)/C(=C/c3ccc(OC)c(OC)c3OC)C(=O)N=C2S1. The smallest absolute Gasteiger partial charge is 0.283 e. The number of nitrogens with one attached hydrogen (secondary N) is 1. The fraction of sp³-hybridized carbons (Fsp3) is 0.294. The maximum atomic E-state index is 12.4. The lowest BCUT2D eigenvalue weighted by Crippen LogP contribution is -2.35. The number of hydrogen-bond acceptors (Lipinski definition) is 7. The molecule has 1 aromatic rings. The minimum absolute atomic E-state index is 0.0206. The molecule has 0 fully saturated rings. The molecule has 0 aliphatic carbocycles. The number of rotatable bonds is 5. The van der Waals surface area contributed by atoms with E-state index in [1.165, 1.54) is 38.1 Å². The summed E-state index contributed by atoms with van der Waals surface area (Å²) < 4.78 is 16.1. The molecule has 3 rings (SSSR count). The van der Waals surface area contributed by atoms with Gasteiger partial charge in [0.2, 0.25) is 10.9 Å². The second-order valence-corrected chi connectivity index (χ2v) is 6.33. The van der Waals surface area contributed by atoms with Gasteiger partial charge in [0.1, 0.15) is 5.04 Å². The Hall–Kier alpha value is -2.81. The summed E-state index contributed by atoms with van der Waals surface area (Å²) in [5.41, 5.74) is 0.699. The average molecular weight is 374 g/mol. The summed E-state index contributed by atoms with van der Waals surface area (Å²) in [5, 5.41) is 15.3. The standard InChI is InChI=1S/C17H18N4O4S/c1-5-12-20-21-15(18)10(16(22)19-17(21)26-12)8-9-6-7-11(23-2)14(25-4)13(9)24-3/h6-8,18H,5H2,1-4H3/b10-8-,18-15?. The maximum Gasteiger partial charge on any atom is 0.283 e. The number of hydrazone groups is 1. The van der Waals surface area contributed by atoms with Crippen molar-refractivity contribution in [2.75, 3.05) is 21.3 Å². The number of methoxy groups -OCH3 is 3. The van der Waals surface area contributed by atoms with Gasteiger partial charge in [0, 0.05) is 5.56 Å². The Balaban J connectivity index is 2.07. The van der Waals surface area contributed by atoms with Crippen LogP contribution in [0.4, 0.5) is 0 Å². The summed E-state index contributed by atoms with van der Waals surface area (Å²) in [4.78, 5) is 16.5. The predicted octanol–water partition coefficient (Wildman–Crippen LogP) is 2.74. The van der Waals surface area contributed by atoms with Crippen molar-refractivity contribution in [3.05, 3.63) is 23.3 Å². The molecule has 0 saturated heterocycles. The van der Waals surface area contributed by atoms with Gasteiger partial charge in [-0.2, -0.15) is 15.1 Å². The molecule has 0 radical (unpaired) electrons. The first-order valence-electron chi connectivity index (χ1n) is 7.82. The summed E-state index contributed by atoms with van der Waals surface area (Å²) in [6, 6.07) is 3.44. The monoisotopic (exact) mass is 374 g/mol. The van der Waals surface area contributed by atoms with Crippen molar-refractivity contribution in [3.8, 4) is 17.2 Å². The molecular formula is C17H18N4O4S. The largest absolute Gasteiger partial charge is 0.493 e. The Bertz CT molecular complexity index is 876. The van der Waals surface area contributed by atoms with E-state index >= 15 is 0 Å². The molecule has 1 amide bonds. The Morgan fingerprint density at radius 2 is 1.92 bits per heavy atom. The lowest BCUT2D eigenvalue weighted by Gasteiger charge is -2.21. The van der Waals surface area contributed by atoms with Crippen LogP contribution in [-0.4, -0.2) is 48.3 Å². The van der Waals surface area contributed by atoms with Crippen molar-refractivity contribution in [3.63, 3.8) is 0 Å². The number of nitrogens with zero attached hydrogens (tertiary/aromatic N) is 3. The normalized spacial score (nSPS) is 17.8. The zero-order valence-electron chi connectivity index (χ0n) is 14.8. The van der Waals surface area contributed by atoms with Gasteiger partial charge in [0.05, 0.1) is 26.9 Å². The number of carbonyl (C=O) groups is 1. The van der Waals surface area contributed by atoms with E-state index in [-0.39, 0.29) is 11.4 Å². The Morgan fingerprint density at radius 1 is 1.19 bits per heavy atom. The van der Waals surface area contributed by atoms with Gasteiger partial charge in [-0.25, -0.2) is 0 Å². The Kier molecular flexibility index (Phi) is 4.99. The lowest BCUT2D eigenvalue weighted by atomic mass is 10.1. The van der Waals surface area contributed by atoms with Crippen LogP contribution in [0.15, 0.2) is 27.8 Å². The minimum Gasteiger partial charge on any atom is -0.493 e. The van der Waals surface area contributed by atoms with Crippen molar-refractivity contribution in [2.24, 2.45) is 10.1 Å². The van der Waals surface area contributed by atoms with Crippen LogP contribution < -0.4 is 14.2 Å². The van der Waals surface area contributed by atoms with E-state index < -0.39 is 5.91 Å². The highest BCUT2D eigenvalue weighted by atomic mass is 32.2. The van der Waals surface area contributed by atoms with Gasteiger partial charge in [-0.05, 0) is 36.4 Å². The fourth-order valence-corrected chi connectivity index (χ4v) is 3.39. The van der Waals surface area contributed by atoms with E-state index in [0.29, 0.717) is 34.4 Å². The third-order valence-electron chi connectivity index (χ3n) is 3.83. The number of amides is 1. The number of hydrogen-bond donors (Lipinski definition) is 1. The summed E-state index contributed by atoms with van der Waals surface area (Å²) in [6.45, 7) is 1.96. The van der Waals surface area contributed by atoms with Crippen LogP contribution >= 0.6 is 11.8 Å². The van der Waals surface area contributed by atoms with Crippen molar-refractivity contribution in [1.82, 2.24) is 5.01 Å². The van der Waals surface area contributed by atoms with E-state index in [1.54, 1.807) is 18.2 Å². The van der Waals surface area contributed by atoms with E-state index in [2.05, 4.69) is 10.1 Å². The van der Waals surface area contributed by atoms with E-state index in [1.807, 2.05) is 6.92 Å². The molecule has 0 spiro atoms. The third-order valence-corrected chi connectivity index (χ3v) is 4.89. The number of ether oxygens (including phenoxy) is 3. The van der Waals surface area contributed by atoms with Crippen molar-refractivity contribution >= 4 is 39.8 Å². The molecule has 0 atom stereocenters. The van der Waals surface area contributed by atoms with Crippen LogP contribution in [0.2, 0.25) is 0 Å². The molecule has 0 saturated carbocycles. The molecular weight excluding hydrogens is 356 g/mol. The van der Waals surface area contributed by atoms with Crippen LogP contribution in [0.25, 0.3) is 6.08 Å². The molecule has 0 unspecified atom stereocenters. The van der Waals surface area contributed by atoms with Gasteiger partial charge in [-0.3, -0.25) is 10.2 Å². The van der Waals surface area contributed by atoms with E-state index in [0.717, 1.165) is 5.04 Å². The van der Waals surface area contributed by atoms with Crippen molar-refractivity contribution < 1.29 is 19.0 Å². The quantitative estimate of drug-likeness (QED) is 0.796. The number of carbonyl (C=O) groups excluding carboxylic acids is 1. The molecule has 1 N–H and O–H groups in total. The van der Waals surface area contributed by atoms with Crippen molar-refractivity contribution in [2.45, 2.75) is 13.3 Å². The number of thioether (sulfide) groups is 1. The summed E-state index contributed by atoms with van der Waals surface area (Å²) in [6.07, 6.45) is 2.26. The summed E-state index contributed by atoms with van der Waals surface area (Å²) in [7, 11) is 4.53. The number of fused-ring (bicyclic) bond motifs is 1. The first-order chi connectivity index (χ1) is 12.5. The maximum absolute atomic E-state index is 12.4. The highest BCUT2D eigenvalue weighted by Crippen LogP contribution is 2.41. The van der Waals surface area contributed by atoms with E-state index in [9.17, 15) is 4.79 Å². The van der Waals surface area contributed by atoms with Gasteiger partial charge in [-0.1, -0.05) is 6.92 Å². The Labute approximate surface area is 155 Å². The molecule has 2 aliphatic rings. The van der Waals surface area contributed by atoms with Crippen molar-refractivity contribution in [1.29, 1.82) is 5.41 Å². The van der Waals surface area contributed by atoms with Crippen LogP contribution in [-0.2, 0) is 4.79 Å². The van der Waals surface area contributed by atoms with Gasteiger partial charge < -0.3 is 14.2 Å². The topological polar surface area (TPSA) is 96.6 Å². The Morgan fingerprint density at radius 3 is 2.54 bits per heavy atom. The molecule has 9 heteroatoms. The number of aliphatic imine (C=N–C) groups is 1. The van der Waals surface area contributed by atoms with Gasteiger partial charge >= 0.3 is 0 Å². The highest BCUT2D eigenvalue weighted by molar-refractivity contribution is 8.26. The average Bonchev–Trinajstić information content (AvgIpc) is 3.07. The second kappa shape index (κ2) is 7.20. The van der Waals surface area contributed by atoms with Gasteiger partial charge in [-0.15, -0.1) is 0 Å². The van der Waals surface area contributed by atoms with Crippen LogP contribution in [0.5, 0.6) is 17.2 Å². The first kappa shape index (κ1) is 18.0. The predicted molar refractivity (Wildman–Crippen MR) is 101 cm³/mol. The van der Waals surface area contributed by atoms with Crippen LogP contribution in [0.3, 0.4) is 0 Å². The molecule has 0 aromatic heterocycles. The zero-order chi connectivity index (χ0) is 18.8. The molecule has 26 heavy (non-hydrogen) atoms. The molecule has 2 heterocycles. The number of benzene rings is 1. The zero-order valence-corrected chi connectivity index (χ0v) is 15.6. The third kappa shape index (κ3) is 2.94. The van der Waals surface area contributed by atoms with Crippen LogP contribution in [0.1, 0.15) is 18.9 Å². The summed E-state index contributed by atoms with van der Waals surface area (Å²) in [5.74, 6) is 0.811. The minimum atomic E-state index is -0.488. The molecule has 0 bridgehead atoms. The molecule has 8 nitrogen and oxygen atoms in total. The highest BCUT2D eigenvalue weighted by Gasteiger charge is 2.35. The van der Waals surface area contributed by atoms with Gasteiger partial charge in [0.25, 0.3) is 5.91 Å². The number of amidine groups is 2. The molecule has 2 aliphatic heterocycles. The van der Waals surface area contributed by atoms with Gasteiger partial charge in [0.15, 0.2) is 17.3 Å². The molecule has 1 aromatic carbocycles. The second-order valence-electron chi connectivity index (χ2n) is 5.29. The lowest BCUT2D eigenvalue weighted by molar-refractivity contribution is -0.114. The fourth-order valence-electron chi connectivity index (χ4n) is 2.57. The first-order valence-corrected chi connectivity index (χ1v) is 8.63. The van der Waals surface area contributed by atoms with Crippen LogP contribution in [0, 0.1) is 5.41 Å².